The minimum absolute atomic E-state index is 0.00832. The smallest absolute Gasteiger partial charge is 0.407 e. The van der Waals surface area contributed by atoms with Crippen LogP contribution in [-0.4, -0.2) is 56.1 Å². The van der Waals surface area contributed by atoms with Crippen LogP contribution in [0.1, 0.15) is 41.7 Å². The zero-order valence-corrected chi connectivity index (χ0v) is 21.0. The van der Waals surface area contributed by atoms with E-state index in [1.807, 2.05) is 0 Å². The van der Waals surface area contributed by atoms with Gasteiger partial charge in [0.2, 0.25) is 0 Å². The summed E-state index contributed by atoms with van der Waals surface area (Å²) in [5.41, 5.74) is 1.81. The maximum absolute atomic E-state index is 14.7. The molecule has 13 heteroatoms. The third-order valence-electron chi connectivity index (χ3n) is 6.46. The van der Waals surface area contributed by atoms with Crippen LogP contribution >= 0.6 is 0 Å². The van der Waals surface area contributed by atoms with Crippen LogP contribution in [0.3, 0.4) is 0 Å². The molecule has 39 heavy (non-hydrogen) atoms. The van der Waals surface area contributed by atoms with E-state index < -0.39 is 17.7 Å². The Kier molecular flexibility index (Phi) is 7.57. The summed E-state index contributed by atoms with van der Waals surface area (Å²) in [6, 6.07) is 4.24. The van der Waals surface area contributed by atoms with E-state index in [0.29, 0.717) is 28.6 Å². The number of nitrogens with zero attached hydrogens (tertiary/aromatic N) is 4. The summed E-state index contributed by atoms with van der Waals surface area (Å²) in [5, 5.41) is 8.99. The molecule has 4 aromatic rings. The maximum Gasteiger partial charge on any atom is 0.407 e. The second-order valence-electron chi connectivity index (χ2n) is 9.20. The van der Waals surface area contributed by atoms with Gasteiger partial charge >= 0.3 is 6.09 Å². The van der Waals surface area contributed by atoms with Crippen LogP contribution in [0.4, 0.5) is 19.4 Å². The molecule has 0 saturated heterocycles. The first-order valence-corrected chi connectivity index (χ1v) is 12.4. The average Bonchev–Trinajstić information content (AvgIpc) is 3.36. The maximum atomic E-state index is 14.7. The lowest BCUT2D eigenvalue weighted by molar-refractivity contribution is 0.0921. The fourth-order valence-corrected chi connectivity index (χ4v) is 4.57. The number of aromatic amines is 1. The summed E-state index contributed by atoms with van der Waals surface area (Å²) in [5.74, 6) is -1.21. The Morgan fingerprint density at radius 2 is 1.97 bits per heavy atom. The van der Waals surface area contributed by atoms with Gasteiger partial charge < -0.3 is 25.7 Å². The lowest BCUT2D eigenvalue weighted by Crippen LogP contribution is -2.42. The number of pyridine rings is 2. The number of anilines is 1. The number of hydrogen-bond donors (Lipinski definition) is 4. The molecule has 0 aromatic carbocycles. The van der Waals surface area contributed by atoms with E-state index in [2.05, 4.69) is 40.9 Å². The third-order valence-corrected chi connectivity index (χ3v) is 6.46. The van der Waals surface area contributed by atoms with Gasteiger partial charge in [-0.1, -0.05) is 0 Å². The Morgan fingerprint density at radius 1 is 1.13 bits per heavy atom. The number of halogens is 2. The second-order valence-corrected chi connectivity index (χ2v) is 9.20. The van der Waals surface area contributed by atoms with Gasteiger partial charge in [-0.15, -0.1) is 0 Å². The molecule has 4 aromatic heterocycles. The lowest BCUT2D eigenvalue weighted by Gasteiger charge is -2.30. The number of carbonyl (C=O) groups excluding carboxylic acids is 2. The first-order valence-electron chi connectivity index (χ1n) is 12.4. The fourth-order valence-electron chi connectivity index (χ4n) is 4.57. The molecule has 4 heterocycles. The van der Waals surface area contributed by atoms with Crippen molar-refractivity contribution in [1.82, 2.24) is 35.6 Å². The number of hydrogen-bond acceptors (Lipinski definition) is 8. The van der Waals surface area contributed by atoms with E-state index in [1.54, 1.807) is 18.3 Å². The molecule has 4 N–H and O–H groups in total. The van der Waals surface area contributed by atoms with Gasteiger partial charge in [-0.2, -0.15) is 0 Å². The van der Waals surface area contributed by atoms with Crippen LogP contribution in [0.2, 0.25) is 0 Å². The van der Waals surface area contributed by atoms with Crippen molar-refractivity contribution in [3.8, 4) is 11.4 Å². The number of carbonyl (C=O) groups is 2. The van der Waals surface area contributed by atoms with Gasteiger partial charge in [0.25, 0.3) is 5.91 Å². The van der Waals surface area contributed by atoms with E-state index in [-0.39, 0.29) is 41.9 Å². The van der Waals surface area contributed by atoms with Gasteiger partial charge in [-0.05, 0) is 49.4 Å². The lowest BCUT2D eigenvalue weighted by atomic mass is 9.91. The van der Waals surface area contributed by atoms with Crippen molar-refractivity contribution in [3.63, 3.8) is 0 Å². The topological polar surface area (TPSA) is 147 Å². The van der Waals surface area contributed by atoms with E-state index in [1.165, 1.54) is 19.3 Å². The highest BCUT2D eigenvalue weighted by atomic mass is 19.1. The number of H-pyrrole nitrogens is 1. The van der Waals surface area contributed by atoms with Gasteiger partial charge in [-0.25, -0.2) is 28.5 Å². The Labute approximate surface area is 221 Å². The van der Waals surface area contributed by atoms with E-state index >= 15 is 0 Å². The summed E-state index contributed by atoms with van der Waals surface area (Å²) in [6.07, 6.45) is 7.57. The van der Waals surface area contributed by atoms with Crippen LogP contribution in [-0.2, 0) is 11.3 Å². The number of amides is 2. The number of nitrogens with one attached hydrogen (secondary N) is 4. The first kappa shape index (κ1) is 25.9. The minimum atomic E-state index is -0.617. The molecule has 0 unspecified atom stereocenters. The first-order chi connectivity index (χ1) is 18.9. The molecule has 202 valence electrons. The third kappa shape index (κ3) is 6.08. The van der Waals surface area contributed by atoms with Gasteiger partial charge in [0, 0.05) is 42.5 Å². The van der Waals surface area contributed by atoms with E-state index in [4.69, 9.17) is 4.74 Å². The molecular weight excluding hydrogens is 510 g/mol. The highest BCUT2D eigenvalue weighted by Crippen LogP contribution is 2.28. The number of alkyl carbamates (subject to hydrolysis) is 1. The zero-order valence-electron chi connectivity index (χ0n) is 21.0. The molecule has 1 aliphatic carbocycles. The van der Waals surface area contributed by atoms with Crippen molar-refractivity contribution < 1.29 is 23.1 Å². The molecule has 5 rings (SSSR count). The zero-order chi connectivity index (χ0) is 27.4. The molecule has 0 spiro atoms. The van der Waals surface area contributed by atoms with Crippen molar-refractivity contribution in [3.05, 3.63) is 65.9 Å². The standard InChI is InChI=1S/C26H26F2N8O3/c1-29-26(38)39-13-14-5-6-30-21(7-14)25(37)35-17-4-2-3-16(9-17)34-24-20(28)12-33-23(36-24)19-11-32-22-18(19)8-15(27)10-31-22/h5-8,10-12,16-17H,2-4,9,13H2,1H3,(H,29,38)(H,31,32)(H,35,37)(H,33,34,36)/t16-,17+/m0/s1. The molecule has 1 fully saturated rings. The Bertz CT molecular complexity index is 1510. The van der Waals surface area contributed by atoms with Gasteiger partial charge in [0.15, 0.2) is 17.5 Å². The SMILES string of the molecule is CNC(=O)OCc1ccnc(C(=O)N[C@@H]2CCC[C@H](Nc3nc(-c4c[nH]c5ncc(F)cc45)ncc3F)C2)c1. The van der Waals surface area contributed by atoms with E-state index in [9.17, 15) is 18.4 Å². The summed E-state index contributed by atoms with van der Waals surface area (Å²) in [6.45, 7) is 0.00832. The predicted octanol–water partition coefficient (Wildman–Crippen LogP) is 3.70. The Morgan fingerprint density at radius 3 is 2.82 bits per heavy atom. The van der Waals surface area contributed by atoms with Crippen LogP contribution in [0.5, 0.6) is 0 Å². The van der Waals surface area contributed by atoms with Crippen molar-refractivity contribution in [2.45, 2.75) is 44.4 Å². The van der Waals surface area contributed by atoms with Crippen molar-refractivity contribution >= 4 is 28.9 Å². The predicted molar refractivity (Wildman–Crippen MR) is 138 cm³/mol. The van der Waals surface area contributed by atoms with Gasteiger partial charge in [0.1, 0.15) is 23.8 Å². The van der Waals surface area contributed by atoms with Crippen molar-refractivity contribution in [2.75, 3.05) is 12.4 Å². The van der Waals surface area contributed by atoms with Crippen molar-refractivity contribution in [2.24, 2.45) is 0 Å². The number of aromatic nitrogens is 5. The average molecular weight is 537 g/mol. The normalized spacial score (nSPS) is 17.0. The highest BCUT2D eigenvalue weighted by Gasteiger charge is 2.25. The molecular formula is C26H26F2N8O3. The summed E-state index contributed by atoms with van der Waals surface area (Å²) in [4.78, 5) is 43.7. The quantitative estimate of drug-likeness (QED) is 0.280. The molecule has 1 aliphatic rings. The second kappa shape index (κ2) is 11.4. The Hall–Kier alpha value is -4.68. The molecule has 1 saturated carbocycles. The fraction of sp³-hybridized carbons (Fsp3) is 0.308. The van der Waals surface area contributed by atoms with Crippen LogP contribution in [0, 0.1) is 11.6 Å². The molecule has 0 bridgehead atoms. The molecule has 0 radical (unpaired) electrons. The van der Waals surface area contributed by atoms with E-state index in [0.717, 1.165) is 31.7 Å². The van der Waals surface area contributed by atoms with Crippen LogP contribution < -0.4 is 16.0 Å². The highest BCUT2D eigenvalue weighted by molar-refractivity contribution is 5.93. The monoisotopic (exact) mass is 536 g/mol. The molecule has 2 atom stereocenters. The number of ether oxygens (including phenoxy) is 1. The summed E-state index contributed by atoms with van der Waals surface area (Å²) in [7, 11) is 1.46. The van der Waals surface area contributed by atoms with Crippen LogP contribution in [0.25, 0.3) is 22.4 Å². The van der Waals surface area contributed by atoms with Crippen LogP contribution in [0.15, 0.2) is 43.0 Å². The molecule has 0 aliphatic heterocycles. The summed E-state index contributed by atoms with van der Waals surface area (Å²) < 4.78 is 33.4. The molecule has 11 nitrogen and oxygen atoms in total. The largest absolute Gasteiger partial charge is 0.445 e. The number of rotatable bonds is 7. The Balaban J connectivity index is 1.24. The van der Waals surface area contributed by atoms with Gasteiger partial charge in [-0.3, -0.25) is 9.78 Å². The minimum Gasteiger partial charge on any atom is -0.445 e. The molecule has 2 amide bonds. The number of fused-ring (bicyclic) bond motifs is 1. The van der Waals surface area contributed by atoms with Gasteiger partial charge in [0.05, 0.1) is 12.4 Å². The summed E-state index contributed by atoms with van der Waals surface area (Å²) >= 11 is 0. The van der Waals surface area contributed by atoms with Crippen molar-refractivity contribution in [1.29, 1.82) is 0 Å².